The number of nitriles is 1. The SMILES string of the molecule is CCOc1cc([N+](=O)[O-])cc(/C=C(/C#N)c2ccc([N+](=O)[O-])cc2)c1O. The van der Waals surface area contributed by atoms with Gasteiger partial charge in [0.15, 0.2) is 11.5 Å². The summed E-state index contributed by atoms with van der Waals surface area (Å²) in [7, 11) is 0. The number of aromatic hydroxyl groups is 1. The van der Waals surface area contributed by atoms with Crippen LogP contribution in [0.4, 0.5) is 11.4 Å². The van der Waals surface area contributed by atoms with E-state index in [4.69, 9.17) is 4.74 Å². The number of nitro benzene ring substituents is 2. The predicted octanol–water partition coefficient (Wildman–Crippen LogP) is 3.67. The van der Waals surface area contributed by atoms with Crippen LogP contribution in [0, 0.1) is 31.6 Å². The maximum absolute atomic E-state index is 11.1. The zero-order chi connectivity index (χ0) is 19.3. The summed E-state index contributed by atoms with van der Waals surface area (Å²) < 4.78 is 5.19. The molecule has 0 saturated heterocycles. The first kappa shape index (κ1) is 18.4. The first-order valence-corrected chi connectivity index (χ1v) is 7.38. The number of phenolic OH excluding ortho intramolecular Hbond substituents is 1. The Labute approximate surface area is 147 Å². The fourth-order valence-electron chi connectivity index (χ4n) is 2.19. The average Bonchev–Trinajstić information content (AvgIpc) is 2.62. The van der Waals surface area contributed by atoms with Crippen molar-refractivity contribution in [3.05, 3.63) is 67.8 Å². The summed E-state index contributed by atoms with van der Waals surface area (Å²) in [6, 6.07) is 9.35. The molecule has 0 spiro atoms. The number of rotatable bonds is 6. The maximum atomic E-state index is 11.1. The average molecular weight is 355 g/mol. The normalized spacial score (nSPS) is 10.8. The second kappa shape index (κ2) is 7.76. The Hall–Kier alpha value is -3.93. The van der Waals surface area contributed by atoms with Gasteiger partial charge < -0.3 is 9.84 Å². The third-order valence-corrected chi connectivity index (χ3v) is 3.41. The Morgan fingerprint density at radius 3 is 2.31 bits per heavy atom. The molecular formula is C17H13N3O6. The molecule has 0 saturated carbocycles. The Balaban J connectivity index is 2.55. The number of nitro groups is 2. The number of benzene rings is 2. The summed E-state index contributed by atoms with van der Waals surface area (Å²) >= 11 is 0. The summed E-state index contributed by atoms with van der Waals surface area (Å²) in [5.74, 6) is -0.416. The van der Waals surface area contributed by atoms with Gasteiger partial charge in [0, 0.05) is 23.8 Å². The predicted molar refractivity (Wildman–Crippen MR) is 92.5 cm³/mol. The molecule has 0 aliphatic carbocycles. The van der Waals surface area contributed by atoms with Crippen LogP contribution in [0.1, 0.15) is 18.1 Å². The third-order valence-electron chi connectivity index (χ3n) is 3.41. The number of non-ortho nitro benzene ring substituents is 2. The molecular weight excluding hydrogens is 342 g/mol. The molecule has 132 valence electrons. The minimum atomic E-state index is -0.642. The summed E-state index contributed by atoms with van der Waals surface area (Å²) in [6.07, 6.45) is 1.26. The lowest BCUT2D eigenvalue weighted by Crippen LogP contribution is -1.96. The lowest BCUT2D eigenvalue weighted by molar-refractivity contribution is -0.385. The highest BCUT2D eigenvalue weighted by Crippen LogP contribution is 2.37. The minimum Gasteiger partial charge on any atom is -0.504 e. The third kappa shape index (κ3) is 3.93. The van der Waals surface area contributed by atoms with Crippen LogP contribution in [0.5, 0.6) is 11.5 Å². The van der Waals surface area contributed by atoms with Crippen molar-refractivity contribution in [2.45, 2.75) is 6.92 Å². The molecule has 0 unspecified atom stereocenters. The number of phenols is 1. The largest absolute Gasteiger partial charge is 0.504 e. The van der Waals surface area contributed by atoms with E-state index in [1.807, 2.05) is 6.07 Å². The second-order valence-corrected chi connectivity index (χ2v) is 5.05. The number of hydrogen-bond donors (Lipinski definition) is 1. The molecule has 2 rings (SSSR count). The summed E-state index contributed by atoms with van der Waals surface area (Å²) in [6.45, 7) is 1.84. The Morgan fingerprint density at radius 1 is 1.19 bits per heavy atom. The molecule has 1 N–H and O–H groups in total. The summed E-state index contributed by atoms with van der Waals surface area (Å²) in [4.78, 5) is 20.6. The van der Waals surface area contributed by atoms with E-state index < -0.39 is 9.85 Å². The highest BCUT2D eigenvalue weighted by molar-refractivity contribution is 5.91. The van der Waals surface area contributed by atoms with Crippen molar-refractivity contribution in [3.8, 4) is 17.6 Å². The topological polar surface area (TPSA) is 140 Å². The van der Waals surface area contributed by atoms with Gasteiger partial charge >= 0.3 is 0 Å². The van der Waals surface area contributed by atoms with Gasteiger partial charge in [-0.2, -0.15) is 5.26 Å². The van der Waals surface area contributed by atoms with E-state index in [0.717, 1.165) is 12.1 Å². The Kier molecular flexibility index (Phi) is 5.49. The van der Waals surface area contributed by atoms with Crippen LogP contribution >= 0.6 is 0 Å². The first-order valence-electron chi connectivity index (χ1n) is 7.38. The fraction of sp³-hybridized carbons (Fsp3) is 0.118. The molecule has 2 aromatic carbocycles. The molecule has 0 aliphatic heterocycles. The number of hydrogen-bond acceptors (Lipinski definition) is 7. The van der Waals surface area contributed by atoms with Crippen molar-refractivity contribution in [3.63, 3.8) is 0 Å². The molecule has 9 nitrogen and oxygen atoms in total. The molecule has 0 atom stereocenters. The van der Waals surface area contributed by atoms with Gasteiger partial charge in [0.25, 0.3) is 11.4 Å². The maximum Gasteiger partial charge on any atom is 0.274 e. The zero-order valence-corrected chi connectivity index (χ0v) is 13.6. The minimum absolute atomic E-state index is 0.0255. The molecule has 26 heavy (non-hydrogen) atoms. The van der Waals surface area contributed by atoms with Gasteiger partial charge in [-0.05, 0) is 30.7 Å². The lowest BCUT2D eigenvalue weighted by Gasteiger charge is -2.09. The van der Waals surface area contributed by atoms with Gasteiger partial charge in [0.05, 0.1) is 34.2 Å². The lowest BCUT2D eigenvalue weighted by atomic mass is 10.0. The van der Waals surface area contributed by atoms with Crippen LogP contribution in [-0.2, 0) is 0 Å². The van der Waals surface area contributed by atoms with E-state index in [0.29, 0.717) is 5.56 Å². The van der Waals surface area contributed by atoms with Crippen molar-refractivity contribution in [2.24, 2.45) is 0 Å². The first-order chi connectivity index (χ1) is 12.4. The van der Waals surface area contributed by atoms with Crippen molar-refractivity contribution >= 4 is 23.0 Å². The van der Waals surface area contributed by atoms with Crippen molar-refractivity contribution in [1.82, 2.24) is 0 Å². The van der Waals surface area contributed by atoms with Crippen LogP contribution in [-0.4, -0.2) is 21.6 Å². The van der Waals surface area contributed by atoms with E-state index in [9.17, 15) is 30.6 Å². The van der Waals surface area contributed by atoms with Gasteiger partial charge in [0.2, 0.25) is 0 Å². The molecule has 2 aromatic rings. The monoisotopic (exact) mass is 355 g/mol. The molecule has 0 bridgehead atoms. The molecule has 0 fully saturated rings. The number of ether oxygens (including phenoxy) is 1. The zero-order valence-electron chi connectivity index (χ0n) is 13.6. The fourth-order valence-corrected chi connectivity index (χ4v) is 2.19. The highest BCUT2D eigenvalue weighted by Gasteiger charge is 2.17. The molecule has 0 radical (unpaired) electrons. The second-order valence-electron chi connectivity index (χ2n) is 5.05. The standard InChI is InChI=1S/C17H13N3O6/c1-2-26-16-9-15(20(24)25)8-12(17(16)21)7-13(10-18)11-3-5-14(6-4-11)19(22)23/h3-9,21H,2H2,1H3/b13-7-. The van der Waals surface area contributed by atoms with Crippen LogP contribution in [0.3, 0.4) is 0 Å². The van der Waals surface area contributed by atoms with Crippen molar-refractivity contribution < 1.29 is 19.7 Å². The molecule has 9 heteroatoms. The van der Waals surface area contributed by atoms with E-state index in [1.165, 1.54) is 30.3 Å². The van der Waals surface area contributed by atoms with Gasteiger partial charge in [-0.25, -0.2) is 0 Å². The van der Waals surface area contributed by atoms with E-state index in [1.54, 1.807) is 6.92 Å². The van der Waals surface area contributed by atoms with Crippen LogP contribution in [0.2, 0.25) is 0 Å². The van der Waals surface area contributed by atoms with E-state index in [-0.39, 0.29) is 40.6 Å². The quantitative estimate of drug-likeness (QED) is 0.361. The number of nitrogens with zero attached hydrogens (tertiary/aromatic N) is 3. The van der Waals surface area contributed by atoms with Crippen LogP contribution in [0.15, 0.2) is 36.4 Å². The summed E-state index contributed by atoms with van der Waals surface area (Å²) in [5.41, 5.74) is 0.0130. The number of allylic oxidation sites excluding steroid dienone is 1. The summed E-state index contributed by atoms with van der Waals surface area (Å²) in [5, 5.41) is 41.4. The molecule has 0 aliphatic rings. The molecule has 0 aromatic heterocycles. The Bertz CT molecular complexity index is 929. The van der Waals surface area contributed by atoms with Crippen molar-refractivity contribution in [1.29, 1.82) is 5.26 Å². The van der Waals surface area contributed by atoms with E-state index >= 15 is 0 Å². The smallest absolute Gasteiger partial charge is 0.274 e. The molecule has 0 heterocycles. The van der Waals surface area contributed by atoms with Gasteiger partial charge in [0.1, 0.15) is 0 Å². The van der Waals surface area contributed by atoms with Gasteiger partial charge in [-0.1, -0.05) is 0 Å². The Morgan fingerprint density at radius 2 is 1.81 bits per heavy atom. The van der Waals surface area contributed by atoms with Crippen molar-refractivity contribution in [2.75, 3.05) is 6.61 Å². The molecule has 0 amide bonds. The van der Waals surface area contributed by atoms with Crippen LogP contribution in [0.25, 0.3) is 11.6 Å². The highest BCUT2D eigenvalue weighted by atomic mass is 16.6. The van der Waals surface area contributed by atoms with Gasteiger partial charge in [-0.3, -0.25) is 20.2 Å². The van der Waals surface area contributed by atoms with E-state index in [2.05, 4.69) is 0 Å². The van der Waals surface area contributed by atoms with Gasteiger partial charge in [-0.15, -0.1) is 0 Å². The van der Waals surface area contributed by atoms with Crippen LogP contribution < -0.4 is 4.74 Å².